The number of hydrogen-bond donors (Lipinski definition) is 2. The summed E-state index contributed by atoms with van der Waals surface area (Å²) in [5.41, 5.74) is 6.43. The van der Waals surface area contributed by atoms with Crippen LogP contribution in [0.1, 0.15) is 68.0 Å². The average Bonchev–Trinajstić information content (AvgIpc) is 2.61. The van der Waals surface area contributed by atoms with E-state index in [1.807, 2.05) is 18.2 Å². The monoisotopic (exact) mass is 336 g/mol. The van der Waals surface area contributed by atoms with Gasteiger partial charge in [-0.25, -0.2) is 0 Å². The molecule has 0 radical (unpaired) electrons. The number of fused-ring (bicyclic) bond motifs is 1. The number of benzene rings is 2. The van der Waals surface area contributed by atoms with Crippen molar-refractivity contribution in [2.75, 3.05) is 5.32 Å². The van der Waals surface area contributed by atoms with Gasteiger partial charge in [0, 0.05) is 24.7 Å². The molecule has 2 aromatic carbocycles. The molecule has 1 amide bonds. The topological polar surface area (TPSA) is 41.1 Å². The van der Waals surface area contributed by atoms with Gasteiger partial charge in [0.1, 0.15) is 0 Å². The second-order valence-corrected chi connectivity index (χ2v) is 7.15. The number of carbonyl (C=O) groups excluding carboxylic acids is 1. The molecule has 132 valence electrons. The molecule has 1 aliphatic carbocycles. The zero-order valence-corrected chi connectivity index (χ0v) is 15.4. The van der Waals surface area contributed by atoms with Gasteiger partial charge in [0.25, 0.3) is 0 Å². The minimum absolute atomic E-state index is 0.0415. The van der Waals surface area contributed by atoms with Crippen LogP contribution in [0.2, 0.25) is 0 Å². The predicted octanol–water partition coefficient (Wildman–Crippen LogP) is 4.94. The summed E-state index contributed by atoms with van der Waals surface area (Å²) < 4.78 is 0. The first-order chi connectivity index (χ1) is 12.0. The van der Waals surface area contributed by atoms with Crippen LogP contribution in [-0.2, 0) is 17.6 Å². The van der Waals surface area contributed by atoms with E-state index in [0.29, 0.717) is 0 Å². The van der Waals surface area contributed by atoms with Crippen molar-refractivity contribution in [1.82, 2.24) is 5.32 Å². The van der Waals surface area contributed by atoms with E-state index in [9.17, 15) is 4.79 Å². The largest absolute Gasteiger partial charge is 0.326 e. The van der Waals surface area contributed by atoms with E-state index >= 15 is 0 Å². The lowest BCUT2D eigenvalue weighted by molar-refractivity contribution is -0.114. The maximum Gasteiger partial charge on any atom is 0.221 e. The van der Waals surface area contributed by atoms with Crippen molar-refractivity contribution >= 4 is 11.6 Å². The minimum Gasteiger partial charge on any atom is -0.326 e. The highest BCUT2D eigenvalue weighted by atomic mass is 16.1. The number of carbonyl (C=O) groups is 1. The van der Waals surface area contributed by atoms with Crippen LogP contribution in [0.3, 0.4) is 0 Å². The summed E-state index contributed by atoms with van der Waals surface area (Å²) in [6.07, 6.45) is 5.07. The maximum absolute atomic E-state index is 11.2. The highest BCUT2D eigenvalue weighted by Crippen LogP contribution is 2.26. The first kappa shape index (κ1) is 17.7. The molecule has 0 spiro atoms. The number of amides is 1. The molecule has 3 heteroatoms. The molecule has 0 saturated heterocycles. The van der Waals surface area contributed by atoms with Gasteiger partial charge in [-0.3, -0.25) is 4.79 Å². The fourth-order valence-electron chi connectivity index (χ4n) is 3.68. The third-order valence-electron chi connectivity index (χ3n) is 5.08. The molecular formula is C22H28N2O. The summed E-state index contributed by atoms with van der Waals surface area (Å²) in [5, 5.41) is 6.54. The fraction of sp³-hybridized carbons (Fsp3) is 0.409. The molecule has 1 aliphatic rings. The Labute approximate surface area is 150 Å². The third-order valence-corrected chi connectivity index (χ3v) is 5.08. The van der Waals surface area contributed by atoms with E-state index in [1.54, 1.807) is 0 Å². The van der Waals surface area contributed by atoms with Crippen LogP contribution >= 0.6 is 0 Å². The summed E-state index contributed by atoms with van der Waals surface area (Å²) >= 11 is 0. The number of anilines is 1. The van der Waals surface area contributed by atoms with Crippen LogP contribution in [0.5, 0.6) is 0 Å². The molecule has 2 aromatic rings. The Bertz CT molecular complexity index is 753. The molecule has 2 atom stereocenters. The number of nitrogens with one attached hydrogen (secondary N) is 2. The van der Waals surface area contributed by atoms with Crippen LogP contribution in [0.25, 0.3) is 0 Å². The van der Waals surface area contributed by atoms with Gasteiger partial charge in [-0.1, -0.05) is 30.3 Å². The standard InChI is InChI=1S/C22H28N2O/c1-15(19-9-6-10-22(14-19)24-17(3)25)23-16(2)20-12-11-18-7-4-5-8-21(18)13-20/h6,9-16,23H,4-5,7-8H2,1-3H3,(H,24,25). The first-order valence-corrected chi connectivity index (χ1v) is 9.28. The lowest BCUT2D eigenvalue weighted by Crippen LogP contribution is -2.23. The summed E-state index contributed by atoms with van der Waals surface area (Å²) in [7, 11) is 0. The van der Waals surface area contributed by atoms with Gasteiger partial charge in [-0.05, 0) is 73.9 Å². The molecule has 3 rings (SSSR count). The van der Waals surface area contributed by atoms with Gasteiger partial charge in [-0.2, -0.15) is 0 Å². The zero-order chi connectivity index (χ0) is 17.8. The third kappa shape index (κ3) is 4.49. The molecule has 0 fully saturated rings. The van der Waals surface area contributed by atoms with Gasteiger partial charge < -0.3 is 10.6 Å². The van der Waals surface area contributed by atoms with E-state index in [-0.39, 0.29) is 18.0 Å². The van der Waals surface area contributed by atoms with Crippen LogP contribution in [0, 0.1) is 0 Å². The molecule has 3 nitrogen and oxygen atoms in total. The second kappa shape index (κ2) is 7.83. The molecule has 2 unspecified atom stereocenters. The van der Waals surface area contributed by atoms with Crippen molar-refractivity contribution in [3.63, 3.8) is 0 Å². The summed E-state index contributed by atoms with van der Waals surface area (Å²) in [5.74, 6) is -0.0415. The van der Waals surface area contributed by atoms with Crippen LogP contribution in [-0.4, -0.2) is 5.91 Å². The lowest BCUT2D eigenvalue weighted by Gasteiger charge is -2.23. The normalized spacial score (nSPS) is 16.0. The van der Waals surface area contributed by atoms with Crippen molar-refractivity contribution in [2.45, 2.75) is 58.5 Å². The van der Waals surface area contributed by atoms with E-state index in [2.05, 4.69) is 48.7 Å². The van der Waals surface area contributed by atoms with E-state index < -0.39 is 0 Å². The quantitative estimate of drug-likeness (QED) is 0.812. The van der Waals surface area contributed by atoms with Crippen LogP contribution in [0.4, 0.5) is 5.69 Å². The lowest BCUT2D eigenvalue weighted by atomic mass is 9.89. The Kier molecular flexibility index (Phi) is 5.54. The van der Waals surface area contributed by atoms with Crippen LogP contribution in [0.15, 0.2) is 42.5 Å². The van der Waals surface area contributed by atoms with Crippen molar-refractivity contribution in [1.29, 1.82) is 0 Å². The van der Waals surface area contributed by atoms with Crippen molar-refractivity contribution in [3.8, 4) is 0 Å². The van der Waals surface area contributed by atoms with Gasteiger partial charge in [-0.15, -0.1) is 0 Å². The van der Waals surface area contributed by atoms with Gasteiger partial charge in [0.15, 0.2) is 0 Å². The molecule has 2 N–H and O–H groups in total. The van der Waals surface area contributed by atoms with E-state index in [1.165, 1.54) is 54.9 Å². The summed E-state index contributed by atoms with van der Waals surface area (Å²) in [4.78, 5) is 11.2. The number of rotatable bonds is 5. The van der Waals surface area contributed by atoms with Crippen molar-refractivity contribution < 1.29 is 4.79 Å². The molecule has 0 aromatic heterocycles. The molecule has 0 saturated carbocycles. The Hall–Kier alpha value is -2.13. The Morgan fingerprint density at radius 1 is 0.920 bits per heavy atom. The van der Waals surface area contributed by atoms with E-state index in [4.69, 9.17) is 0 Å². The molecule has 25 heavy (non-hydrogen) atoms. The average molecular weight is 336 g/mol. The number of aryl methyl sites for hydroxylation is 2. The maximum atomic E-state index is 11.2. The molecule has 0 aliphatic heterocycles. The fourth-order valence-corrected chi connectivity index (χ4v) is 3.68. The Balaban J connectivity index is 1.70. The van der Waals surface area contributed by atoms with Gasteiger partial charge in [0.2, 0.25) is 5.91 Å². The van der Waals surface area contributed by atoms with Crippen molar-refractivity contribution in [3.05, 3.63) is 64.7 Å². The SMILES string of the molecule is CC(=O)Nc1cccc(C(C)NC(C)c2ccc3c(c2)CCCC3)c1. The Morgan fingerprint density at radius 3 is 2.32 bits per heavy atom. The minimum atomic E-state index is -0.0415. The molecule has 0 bridgehead atoms. The predicted molar refractivity (Wildman–Crippen MR) is 104 cm³/mol. The molecule has 0 heterocycles. The highest BCUT2D eigenvalue weighted by molar-refractivity contribution is 5.88. The summed E-state index contributed by atoms with van der Waals surface area (Å²) in [6.45, 7) is 5.92. The smallest absolute Gasteiger partial charge is 0.221 e. The Morgan fingerprint density at radius 2 is 1.60 bits per heavy atom. The number of hydrogen-bond acceptors (Lipinski definition) is 2. The second-order valence-electron chi connectivity index (χ2n) is 7.15. The van der Waals surface area contributed by atoms with Crippen molar-refractivity contribution in [2.24, 2.45) is 0 Å². The summed E-state index contributed by atoms with van der Waals surface area (Å²) in [6, 6.07) is 15.5. The van der Waals surface area contributed by atoms with Gasteiger partial charge >= 0.3 is 0 Å². The molecular weight excluding hydrogens is 308 g/mol. The highest BCUT2D eigenvalue weighted by Gasteiger charge is 2.15. The zero-order valence-electron chi connectivity index (χ0n) is 15.4. The van der Waals surface area contributed by atoms with Gasteiger partial charge in [0.05, 0.1) is 0 Å². The van der Waals surface area contributed by atoms with E-state index in [0.717, 1.165) is 5.69 Å². The first-order valence-electron chi connectivity index (χ1n) is 9.28. The van der Waals surface area contributed by atoms with Crippen LogP contribution < -0.4 is 10.6 Å².